The van der Waals surface area contributed by atoms with Crippen LogP contribution in [0.5, 0.6) is 0 Å². The van der Waals surface area contributed by atoms with Crippen molar-refractivity contribution in [3.8, 4) is 0 Å². The summed E-state index contributed by atoms with van der Waals surface area (Å²) >= 11 is 0. The van der Waals surface area contributed by atoms with E-state index in [-0.39, 0.29) is 0 Å². The smallest absolute Gasteiger partial charge is 0.0753 e. The molecule has 1 heterocycles. The Kier molecular flexibility index (Phi) is 5.18. The first-order valence-corrected chi connectivity index (χ1v) is 6.22. The van der Waals surface area contributed by atoms with E-state index >= 15 is 0 Å². The van der Waals surface area contributed by atoms with Gasteiger partial charge in [-0.3, -0.25) is 0 Å². The summed E-state index contributed by atoms with van der Waals surface area (Å²) in [5, 5.41) is 9.82. The quantitative estimate of drug-likeness (QED) is 0.671. The summed E-state index contributed by atoms with van der Waals surface area (Å²) in [6.07, 6.45) is 2.05. The van der Waals surface area contributed by atoms with Gasteiger partial charge in [0, 0.05) is 26.2 Å². The maximum Gasteiger partial charge on any atom is 0.0753 e. The van der Waals surface area contributed by atoms with E-state index in [2.05, 4.69) is 23.9 Å². The Balaban J connectivity index is 2.18. The molecule has 0 bridgehead atoms. The van der Waals surface area contributed by atoms with Gasteiger partial charge in [-0.1, -0.05) is 0 Å². The van der Waals surface area contributed by atoms with E-state index in [1.54, 1.807) is 0 Å². The summed E-state index contributed by atoms with van der Waals surface area (Å²) in [5.41, 5.74) is 4.79. The zero-order valence-corrected chi connectivity index (χ0v) is 10.9. The highest BCUT2D eigenvalue weighted by atomic mass is 16.3. The van der Waals surface area contributed by atoms with Crippen LogP contribution in [0.15, 0.2) is 0 Å². The molecule has 0 aromatic rings. The van der Waals surface area contributed by atoms with E-state index in [1.807, 2.05) is 6.92 Å². The second-order valence-electron chi connectivity index (χ2n) is 5.63. The summed E-state index contributed by atoms with van der Waals surface area (Å²) in [6.45, 7) is 6.63. The molecule has 1 saturated heterocycles. The topological polar surface area (TPSA) is 52.7 Å². The van der Waals surface area contributed by atoms with Crippen molar-refractivity contribution in [1.82, 2.24) is 9.80 Å². The van der Waals surface area contributed by atoms with Gasteiger partial charge in [0.15, 0.2) is 0 Å². The lowest BCUT2D eigenvalue weighted by atomic mass is 10.0. The molecular weight excluding hydrogens is 202 g/mol. The third kappa shape index (κ3) is 4.78. The predicted molar refractivity (Wildman–Crippen MR) is 67.4 cm³/mol. The highest BCUT2D eigenvalue weighted by Gasteiger charge is 2.22. The summed E-state index contributed by atoms with van der Waals surface area (Å²) in [4.78, 5) is 4.70. The van der Waals surface area contributed by atoms with Crippen LogP contribution in [-0.4, -0.2) is 67.3 Å². The fourth-order valence-corrected chi connectivity index (χ4v) is 2.24. The molecule has 4 nitrogen and oxygen atoms in total. The van der Waals surface area contributed by atoms with Crippen LogP contribution in [0.1, 0.15) is 19.8 Å². The van der Waals surface area contributed by atoms with Crippen molar-refractivity contribution in [3.63, 3.8) is 0 Å². The zero-order valence-electron chi connectivity index (χ0n) is 10.9. The van der Waals surface area contributed by atoms with Crippen LogP contribution in [0.2, 0.25) is 0 Å². The molecular formula is C12H27N3O. The van der Waals surface area contributed by atoms with Crippen molar-refractivity contribution in [1.29, 1.82) is 0 Å². The standard InChI is InChI=1S/C12H27N3O/c1-12(16,10-13)5-7-15(3)9-11-4-6-14(2)8-11/h11,16H,4-10,13H2,1-3H3. The van der Waals surface area contributed by atoms with Gasteiger partial charge in [-0.15, -0.1) is 0 Å². The Morgan fingerprint density at radius 1 is 1.56 bits per heavy atom. The number of likely N-dealkylation sites (tertiary alicyclic amines) is 1. The number of hydrogen-bond acceptors (Lipinski definition) is 4. The summed E-state index contributed by atoms with van der Waals surface area (Å²) in [6, 6.07) is 0. The number of hydrogen-bond donors (Lipinski definition) is 2. The van der Waals surface area contributed by atoms with Gasteiger partial charge in [-0.2, -0.15) is 0 Å². The van der Waals surface area contributed by atoms with Gasteiger partial charge in [0.05, 0.1) is 5.60 Å². The molecule has 1 rings (SSSR count). The predicted octanol–water partition coefficient (Wildman–Crippen LogP) is -0.0303. The van der Waals surface area contributed by atoms with Crippen LogP contribution >= 0.6 is 0 Å². The summed E-state index contributed by atoms with van der Waals surface area (Å²) < 4.78 is 0. The van der Waals surface area contributed by atoms with E-state index in [1.165, 1.54) is 19.5 Å². The van der Waals surface area contributed by atoms with Crippen LogP contribution < -0.4 is 5.73 Å². The molecule has 0 aromatic heterocycles. The number of rotatable bonds is 6. The SMILES string of the molecule is CN1CCC(CN(C)CCC(C)(O)CN)C1. The van der Waals surface area contributed by atoms with Gasteiger partial charge in [-0.05, 0) is 46.3 Å². The highest BCUT2D eigenvalue weighted by molar-refractivity contribution is 4.78. The molecule has 0 saturated carbocycles. The minimum absolute atomic E-state index is 0.340. The maximum absolute atomic E-state index is 9.82. The second-order valence-corrected chi connectivity index (χ2v) is 5.63. The molecule has 96 valence electrons. The van der Waals surface area contributed by atoms with E-state index in [9.17, 15) is 5.11 Å². The molecule has 1 aliphatic rings. The van der Waals surface area contributed by atoms with Crippen molar-refractivity contribution < 1.29 is 5.11 Å². The molecule has 0 aliphatic carbocycles. The Hall–Kier alpha value is -0.160. The molecule has 0 aromatic carbocycles. The monoisotopic (exact) mass is 229 g/mol. The summed E-state index contributed by atoms with van der Waals surface area (Å²) in [5.74, 6) is 0.790. The third-order valence-electron chi connectivity index (χ3n) is 3.53. The lowest BCUT2D eigenvalue weighted by Crippen LogP contribution is -2.38. The van der Waals surface area contributed by atoms with Crippen molar-refractivity contribution in [3.05, 3.63) is 0 Å². The normalized spacial score (nSPS) is 26.2. The van der Waals surface area contributed by atoms with E-state index in [0.29, 0.717) is 6.54 Å². The second kappa shape index (κ2) is 5.96. The molecule has 1 fully saturated rings. The Labute approximate surface area is 99.4 Å². The molecule has 4 heteroatoms. The van der Waals surface area contributed by atoms with Gasteiger partial charge >= 0.3 is 0 Å². The Morgan fingerprint density at radius 2 is 2.25 bits per heavy atom. The number of nitrogens with zero attached hydrogens (tertiary/aromatic N) is 2. The van der Waals surface area contributed by atoms with Gasteiger partial charge in [0.2, 0.25) is 0 Å². The molecule has 0 spiro atoms. The fourth-order valence-electron chi connectivity index (χ4n) is 2.24. The van der Waals surface area contributed by atoms with Gasteiger partial charge < -0.3 is 20.6 Å². The Bertz CT molecular complexity index is 208. The zero-order chi connectivity index (χ0) is 12.2. The molecule has 3 N–H and O–H groups in total. The highest BCUT2D eigenvalue weighted by Crippen LogP contribution is 2.16. The lowest BCUT2D eigenvalue weighted by Gasteiger charge is -2.26. The fraction of sp³-hybridized carbons (Fsp3) is 1.00. The average molecular weight is 229 g/mol. The third-order valence-corrected chi connectivity index (χ3v) is 3.53. The molecule has 16 heavy (non-hydrogen) atoms. The van der Waals surface area contributed by atoms with Crippen molar-refractivity contribution >= 4 is 0 Å². The molecule has 2 atom stereocenters. The van der Waals surface area contributed by atoms with Crippen LogP contribution in [0.25, 0.3) is 0 Å². The van der Waals surface area contributed by atoms with Crippen LogP contribution in [0.3, 0.4) is 0 Å². The van der Waals surface area contributed by atoms with Crippen LogP contribution in [0.4, 0.5) is 0 Å². The van der Waals surface area contributed by atoms with E-state index in [4.69, 9.17) is 5.73 Å². The molecule has 1 aliphatic heterocycles. The molecule has 0 radical (unpaired) electrons. The van der Waals surface area contributed by atoms with Crippen LogP contribution in [0, 0.1) is 5.92 Å². The minimum Gasteiger partial charge on any atom is -0.389 e. The maximum atomic E-state index is 9.82. The van der Waals surface area contributed by atoms with Gasteiger partial charge in [0.25, 0.3) is 0 Å². The largest absolute Gasteiger partial charge is 0.389 e. The van der Waals surface area contributed by atoms with Crippen molar-refractivity contribution in [2.75, 3.05) is 46.8 Å². The first-order valence-electron chi connectivity index (χ1n) is 6.22. The average Bonchev–Trinajstić information content (AvgIpc) is 2.61. The number of aliphatic hydroxyl groups is 1. The lowest BCUT2D eigenvalue weighted by molar-refractivity contribution is 0.0491. The Morgan fingerprint density at radius 3 is 2.75 bits per heavy atom. The van der Waals surface area contributed by atoms with Gasteiger partial charge in [-0.25, -0.2) is 0 Å². The first kappa shape index (κ1) is 13.9. The minimum atomic E-state index is -0.708. The molecule has 0 amide bonds. The number of nitrogens with two attached hydrogens (primary N) is 1. The molecule has 2 unspecified atom stereocenters. The van der Waals surface area contributed by atoms with Crippen molar-refractivity contribution in [2.24, 2.45) is 11.7 Å². The first-order chi connectivity index (χ1) is 7.43. The van der Waals surface area contributed by atoms with E-state index in [0.717, 1.165) is 25.4 Å². The van der Waals surface area contributed by atoms with E-state index < -0.39 is 5.60 Å². The van der Waals surface area contributed by atoms with Crippen LogP contribution in [-0.2, 0) is 0 Å². The summed E-state index contributed by atoms with van der Waals surface area (Å²) in [7, 11) is 4.31. The van der Waals surface area contributed by atoms with Crippen molar-refractivity contribution in [2.45, 2.75) is 25.4 Å². The van der Waals surface area contributed by atoms with Gasteiger partial charge in [0.1, 0.15) is 0 Å².